The lowest BCUT2D eigenvalue weighted by Crippen LogP contribution is -2.06. The van der Waals surface area contributed by atoms with Crippen molar-refractivity contribution in [1.29, 1.82) is 0 Å². The first-order chi connectivity index (χ1) is 5.72. The number of rotatable bonds is 4. The fraction of sp³-hybridized carbons (Fsp3) is 0.714. The predicted molar refractivity (Wildman–Crippen MR) is 53.6 cm³/mol. The van der Waals surface area contributed by atoms with Crippen molar-refractivity contribution >= 4 is 23.3 Å². The highest BCUT2D eigenvalue weighted by Crippen LogP contribution is 2.25. The number of hydrogen-bond acceptors (Lipinski definition) is 5. The summed E-state index contributed by atoms with van der Waals surface area (Å²) in [5.74, 6) is 0.863. The summed E-state index contributed by atoms with van der Waals surface area (Å²) in [5.41, 5.74) is 5.44. The smallest absolute Gasteiger partial charge is 0.170 e. The van der Waals surface area contributed by atoms with E-state index in [4.69, 9.17) is 5.73 Å². The Kier molecular flexibility index (Phi) is 3.97. The highest BCUT2D eigenvalue weighted by molar-refractivity contribution is 8.01. The molecule has 0 saturated carbocycles. The fourth-order valence-electron chi connectivity index (χ4n) is 0.792. The van der Waals surface area contributed by atoms with E-state index in [1.54, 1.807) is 11.8 Å². The van der Waals surface area contributed by atoms with E-state index in [1.165, 1.54) is 11.5 Å². The van der Waals surface area contributed by atoms with E-state index in [2.05, 4.69) is 16.3 Å². The molecule has 5 heteroatoms. The van der Waals surface area contributed by atoms with E-state index in [1.807, 2.05) is 6.92 Å². The molecule has 68 valence electrons. The van der Waals surface area contributed by atoms with E-state index in [-0.39, 0.29) is 0 Å². The minimum atomic E-state index is 0.544. The van der Waals surface area contributed by atoms with Crippen molar-refractivity contribution in [3.63, 3.8) is 0 Å². The van der Waals surface area contributed by atoms with Crippen LogP contribution < -0.4 is 5.73 Å². The Bertz CT molecular complexity index is 236. The molecule has 1 aromatic heterocycles. The molecule has 1 heterocycles. The molecule has 1 rings (SSSR count). The van der Waals surface area contributed by atoms with Crippen LogP contribution in [0.15, 0.2) is 4.34 Å². The Hall–Kier alpha value is -0.130. The molecule has 0 aromatic carbocycles. The van der Waals surface area contributed by atoms with Crippen LogP contribution >= 0.6 is 23.3 Å². The van der Waals surface area contributed by atoms with E-state index >= 15 is 0 Å². The van der Waals surface area contributed by atoms with Crippen LogP contribution in [0.3, 0.4) is 0 Å². The summed E-state index contributed by atoms with van der Waals surface area (Å²) in [6.07, 6.45) is 1.03. The monoisotopic (exact) mass is 203 g/mol. The Morgan fingerprint density at radius 1 is 1.67 bits per heavy atom. The molecular formula is C7H13N3S2. The van der Waals surface area contributed by atoms with Crippen molar-refractivity contribution in [2.75, 3.05) is 6.54 Å². The Morgan fingerprint density at radius 2 is 2.42 bits per heavy atom. The number of nitrogens with two attached hydrogens (primary N) is 1. The van der Waals surface area contributed by atoms with E-state index in [0.29, 0.717) is 5.25 Å². The SMILES string of the molecule is Cc1nsc(SC(C)CCN)n1. The third-order valence-corrected chi connectivity index (χ3v) is 3.43. The zero-order chi connectivity index (χ0) is 8.97. The van der Waals surface area contributed by atoms with Gasteiger partial charge in [0, 0.05) is 5.25 Å². The molecule has 0 amide bonds. The van der Waals surface area contributed by atoms with Crippen LogP contribution in [0.1, 0.15) is 19.2 Å². The van der Waals surface area contributed by atoms with E-state index in [9.17, 15) is 0 Å². The first-order valence-electron chi connectivity index (χ1n) is 3.89. The normalized spacial score (nSPS) is 13.2. The number of hydrogen-bond donors (Lipinski definition) is 1. The van der Waals surface area contributed by atoms with Crippen molar-refractivity contribution in [1.82, 2.24) is 9.36 Å². The lowest BCUT2D eigenvalue weighted by atomic mass is 10.3. The molecular weight excluding hydrogens is 190 g/mol. The Balaban J connectivity index is 2.41. The number of aryl methyl sites for hydroxylation is 1. The maximum Gasteiger partial charge on any atom is 0.170 e. The molecule has 0 bridgehead atoms. The van der Waals surface area contributed by atoms with Gasteiger partial charge >= 0.3 is 0 Å². The number of aromatic nitrogens is 2. The van der Waals surface area contributed by atoms with Gasteiger partial charge in [0.05, 0.1) is 0 Å². The molecule has 0 aliphatic heterocycles. The average Bonchev–Trinajstić information content (AvgIpc) is 2.36. The largest absolute Gasteiger partial charge is 0.330 e. The maximum absolute atomic E-state index is 5.44. The first-order valence-corrected chi connectivity index (χ1v) is 5.54. The van der Waals surface area contributed by atoms with Crippen LogP contribution in [0.4, 0.5) is 0 Å². The number of thioether (sulfide) groups is 1. The lowest BCUT2D eigenvalue weighted by Gasteiger charge is -2.04. The maximum atomic E-state index is 5.44. The molecule has 0 fully saturated rings. The average molecular weight is 203 g/mol. The van der Waals surface area contributed by atoms with Crippen LogP contribution in [0, 0.1) is 6.92 Å². The summed E-state index contributed by atoms with van der Waals surface area (Å²) in [4.78, 5) is 4.26. The van der Waals surface area contributed by atoms with Crippen LogP contribution in [0.2, 0.25) is 0 Å². The van der Waals surface area contributed by atoms with Crippen molar-refractivity contribution in [2.24, 2.45) is 5.73 Å². The molecule has 2 N–H and O–H groups in total. The van der Waals surface area contributed by atoms with Gasteiger partial charge in [0.25, 0.3) is 0 Å². The first kappa shape index (κ1) is 9.95. The molecule has 0 aliphatic rings. The Morgan fingerprint density at radius 3 is 2.92 bits per heavy atom. The van der Waals surface area contributed by atoms with Gasteiger partial charge in [-0.25, -0.2) is 4.98 Å². The van der Waals surface area contributed by atoms with Crippen LogP contribution in [0.5, 0.6) is 0 Å². The van der Waals surface area contributed by atoms with Gasteiger partial charge in [-0.1, -0.05) is 18.7 Å². The molecule has 0 aliphatic carbocycles. The van der Waals surface area contributed by atoms with Gasteiger partial charge in [-0.2, -0.15) is 4.37 Å². The molecule has 0 radical (unpaired) electrons. The minimum absolute atomic E-state index is 0.544. The second-order valence-electron chi connectivity index (χ2n) is 2.61. The van der Waals surface area contributed by atoms with Gasteiger partial charge in [-0.3, -0.25) is 0 Å². The summed E-state index contributed by atoms with van der Waals surface area (Å²) in [7, 11) is 0. The Labute approximate surface area is 80.9 Å². The summed E-state index contributed by atoms with van der Waals surface area (Å²) < 4.78 is 5.16. The van der Waals surface area contributed by atoms with Gasteiger partial charge in [0.1, 0.15) is 5.82 Å². The molecule has 0 saturated heterocycles. The standard InChI is InChI=1S/C7H13N3S2/c1-5(3-4-8)11-7-9-6(2)10-12-7/h5H,3-4,8H2,1-2H3. The van der Waals surface area contributed by atoms with Crippen molar-refractivity contribution in [3.05, 3.63) is 5.82 Å². The third kappa shape index (κ3) is 3.08. The third-order valence-electron chi connectivity index (χ3n) is 1.38. The predicted octanol–water partition coefficient (Wildman–Crippen LogP) is 1.68. The van der Waals surface area contributed by atoms with Crippen LogP contribution in [0.25, 0.3) is 0 Å². The molecule has 12 heavy (non-hydrogen) atoms. The van der Waals surface area contributed by atoms with E-state index < -0.39 is 0 Å². The van der Waals surface area contributed by atoms with Gasteiger partial charge in [0.2, 0.25) is 0 Å². The molecule has 1 atom stereocenters. The van der Waals surface area contributed by atoms with Gasteiger partial charge in [-0.05, 0) is 31.4 Å². The van der Waals surface area contributed by atoms with Gasteiger partial charge < -0.3 is 5.73 Å². The zero-order valence-electron chi connectivity index (χ0n) is 7.28. The molecule has 1 aromatic rings. The zero-order valence-corrected chi connectivity index (χ0v) is 8.91. The summed E-state index contributed by atoms with van der Waals surface area (Å²) in [5, 5.41) is 0.544. The molecule has 3 nitrogen and oxygen atoms in total. The topological polar surface area (TPSA) is 51.8 Å². The quantitative estimate of drug-likeness (QED) is 0.756. The molecule has 1 unspecified atom stereocenters. The highest BCUT2D eigenvalue weighted by Gasteiger charge is 2.06. The van der Waals surface area contributed by atoms with Crippen molar-refractivity contribution in [3.8, 4) is 0 Å². The highest BCUT2D eigenvalue weighted by atomic mass is 32.2. The van der Waals surface area contributed by atoms with Crippen LogP contribution in [-0.4, -0.2) is 21.2 Å². The van der Waals surface area contributed by atoms with Gasteiger partial charge in [0.15, 0.2) is 4.34 Å². The second kappa shape index (κ2) is 4.79. The van der Waals surface area contributed by atoms with Crippen LogP contribution in [-0.2, 0) is 0 Å². The summed E-state index contributed by atoms with van der Waals surface area (Å²) in [6, 6.07) is 0. The van der Waals surface area contributed by atoms with E-state index in [0.717, 1.165) is 23.1 Å². The lowest BCUT2D eigenvalue weighted by molar-refractivity contribution is 0.822. The summed E-state index contributed by atoms with van der Waals surface area (Å²) >= 11 is 3.22. The summed E-state index contributed by atoms with van der Waals surface area (Å²) in [6.45, 7) is 4.81. The van der Waals surface area contributed by atoms with Crippen molar-refractivity contribution < 1.29 is 0 Å². The molecule has 0 spiro atoms. The van der Waals surface area contributed by atoms with Crippen molar-refractivity contribution in [2.45, 2.75) is 29.9 Å². The second-order valence-corrected chi connectivity index (χ2v) is 5.05. The number of nitrogens with zero attached hydrogens (tertiary/aromatic N) is 2. The van der Waals surface area contributed by atoms with Gasteiger partial charge in [-0.15, -0.1) is 0 Å². The fourth-order valence-corrected chi connectivity index (χ4v) is 2.78. The minimum Gasteiger partial charge on any atom is -0.330 e.